The molecule has 0 saturated heterocycles. The summed E-state index contributed by atoms with van der Waals surface area (Å²) >= 11 is 0. The minimum Gasteiger partial charge on any atom is -0.481 e. The third kappa shape index (κ3) is 1.49. The number of nitrogens with zero attached hydrogens (tertiary/aromatic N) is 3. The van der Waals surface area contributed by atoms with Crippen molar-refractivity contribution in [3.05, 3.63) is 11.4 Å². The van der Waals surface area contributed by atoms with Crippen LogP contribution in [0.25, 0.3) is 0 Å². The van der Waals surface area contributed by atoms with Gasteiger partial charge in [-0.1, -0.05) is 5.21 Å². The Kier molecular flexibility index (Phi) is 2.23. The summed E-state index contributed by atoms with van der Waals surface area (Å²) in [6.07, 6.45) is 3.07. The van der Waals surface area contributed by atoms with Crippen molar-refractivity contribution in [2.24, 2.45) is 7.05 Å². The molecule has 5 heteroatoms. The molecule has 1 aliphatic rings. The summed E-state index contributed by atoms with van der Waals surface area (Å²) in [4.78, 5) is 10.7. The lowest BCUT2D eigenvalue weighted by Gasteiger charge is -2.20. The summed E-state index contributed by atoms with van der Waals surface area (Å²) in [5, 5.41) is 16.7. The van der Waals surface area contributed by atoms with Gasteiger partial charge in [0.2, 0.25) is 0 Å². The lowest BCUT2D eigenvalue weighted by molar-refractivity contribution is -0.137. The molecule has 1 aromatic rings. The second-order valence-corrected chi connectivity index (χ2v) is 3.73. The molecule has 1 N–H and O–H groups in total. The van der Waals surface area contributed by atoms with Gasteiger partial charge in [-0.05, 0) is 19.3 Å². The highest BCUT2D eigenvalue weighted by Crippen LogP contribution is 2.32. The van der Waals surface area contributed by atoms with Crippen molar-refractivity contribution in [2.75, 3.05) is 0 Å². The molecule has 0 aromatic carbocycles. The summed E-state index contributed by atoms with van der Waals surface area (Å²) in [7, 11) is 1.83. The summed E-state index contributed by atoms with van der Waals surface area (Å²) < 4.78 is 1.71. The van der Waals surface area contributed by atoms with E-state index >= 15 is 0 Å². The molecule has 0 aliphatic heterocycles. The van der Waals surface area contributed by atoms with E-state index in [1.165, 1.54) is 0 Å². The van der Waals surface area contributed by atoms with Crippen LogP contribution in [0.3, 0.4) is 0 Å². The van der Waals surface area contributed by atoms with E-state index in [0.29, 0.717) is 0 Å². The van der Waals surface area contributed by atoms with Gasteiger partial charge in [0.25, 0.3) is 0 Å². The van der Waals surface area contributed by atoms with E-state index in [4.69, 9.17) is 5.11 Å². The van der Waals surface area contributed by atoms with Crippen LogP contribution in [-0.2, 0) is 18.3 Å². The van der Waals surface area contributed by atoms with Crippen molar-refractivity contribution in [3.8, 4) is 0 Å². The van der Waals surface area contributed by atoms with Crippen LogP contribution in [0.5, 0.6) is 0 Å². The number of rotatable bonds is 2. The smallest absolute Gasteiger partial charge is 0.304 e. The minimum atomic E-state index is -0.746. The number of carbonyl (C=O) groups is 1. The van der Waals surface area contributed by atoms with Crippen molar-refractivity contribution in [1.82, 2.24) is 15.0 Å². The second-order valence-electron chi connectivity index (χ2n) is 3.73. The Bertz CT molecular complexity index is 359. The van der Waals surface area contributed by atoms with Crippen LogP contribution in [0, 0.1) is 0 Å². The van der Waals surface area contributed by atoms with Crippen LogP contribution in [-0.4, -0.2) is 26.1 Å². The summed E-state index contributed by atoms with van der Waals surface area (Å²) in [5.41, 5.74) is 1.99. The zero-order valence-corrected chi connectivity index (χ0v) is 8.10. The Labute approximate surface area is 81.7 Å². The fourth-order valence-corrected chi connectivity index (χ4v) is 2.15. The van der Waals surface area contributed by atoms with Crippen LogP contribution in [0.2, 0.25) is 0 Å². The zero-order valence-electron chi connectivity index (χ0n) is 8.10. The number of carboxylic acids is 1. The molecule has 0 bridgehead atoms. The van der Waals surface area contributed by atoms with Gasteiger partial charge in [-0.3, -0.25) is 9.48 Å². The molecule has 1 aliphatic carbocycles. The van der Waals surface area contributed by atoms with Crippen LogP contribution in [0.4, 0.5) is 0 Å². The molecular formula is C9H13N3O2. The lowest BCUT2D eigenvalue weighted by atomic mass is 9.87. The van der Waals surface area contributed by atoms with E-state index < -0.39 is 5.97 Å². The standard InChI is InChI=1S/C9H13N3O2/c1-12-9-6(5-8(13)14)3-2-4-7(9)10-11-12/h6H,2-5H2,1H3,(H,13,14). The van der Waals surface area contributed by atoms with Crippen molar-refractivity contribution in [1.29, 1.82) is 0 Å². The maximum atomic E-state index is 10.7. The third-order valence-corrected chi connectivity index (χ3v) is 2.72. The van der Waals surface area contributed by atoms with Gasteiger partial charge in [0.1, 0.15) is 0 Å². The van der Waals surface area contributed by atoms with Crippen LogP contribution >= 0.6 is 0 Å². The molecule has 76 valence electrons. The first kappa shape index (κ1) is 9.18. The Morgan fingerprint density at radius 3 is 3.21 bits per heavy atom. The largest absolute Gasteiger partial charge is 0.481 e. The molecule has 0 saturated carbocycles. The minimum absolute atomic E-state index is 0.0937. The van der Waals surface area contributed by atoms with Gasteiger partial charge in [-0.15, -0.1) is 5.10 Å². The fourth-order valence-electron chi connectivity index (χ4n) is 2.15. The maximum Gasteiger partial charge on any atom is 0.304 e. The van der Waals surface area contributed by atoms with Gasteiger partial charge >= 0.3 is 5.97 Å². The van der Waals surface area contributed by atoms with Crippen molar-refractivity contribution in [2.45, 2.75) is 31.6 Å². The first-order valence-electron chi connectivity index (χ1n) is 4.78. The normalized spacial score (nSPS) is 20.5. The zero-order chi connectivity index (χ0) is 10.1. The molecule has 5 nitrogen and oxygen atoms in total. The molecule has 0 amide bonds. The highest BCUT2D eigenvalue weighted by Gasteiger charge is 2.26. The number of hydrogen-bond acceptors (Lipinski definition) is 3. The van der Waals surface area contributed by atoms with Crippen LogP contribution < -0.4 is 0 Å². The lowest BCUT2D eigenvalue weighted by Crippen LogP contribution is -2.16. The molecule has 14 heavy (non-hydrogen) atoms. The molecule has 0 fully saturated rings. The summed E-state index contributed by atoms with van der Waals surface area (Å²) in [6, 6.07) is 0. The molecule has 0 radical (unpaired) electrons. The van der Waals surface area contributed by atoms with Gasteiger partial charge in [0.15, 0.2) is 0 Å². The number of hydrogen-bond donors (Lipinski definition) is 1. The predicted molar refractivity (Wildman–Crippen MR) is 48.9 cm³/mol. The number of aromatic nitrogens is 3. The topological polar surface area (TPSA) is 68.0 Å². The molecule has 2 rings (SSSR count). The molecule has 1 heterocycles. The quantitative estimate of drug-likeness (QED) is 0.754. The van der Waals surface area contributed by atoms with Gasteiger partial charge in [-0.25, -0.2) is 0 Å². The summed E-state index contributed by atoms with van der Waals surface area (Å²) in [6.45, 7) is 0. The first-order chi connectivity index (χ1) is 6.68. The van der Waals surface area contributed by atoms with Gasteiger partial charge < -0.3 is 5.11 Å². The van der Waals surface area contributed by atoms with Crippen LogP contribution in [0.1, 0.15) is 36.6 Å². The fraction of sp³-hybridized carbons (Fsp3) is 0.667. The van der Waals surface area contributed by atoms with E-state index in [9.17, 15) is 4.79 Å². The predicted octanol–water partition coefficient (Wildman–Crippen LogP) is 0.710. The highest BCUT2D eigenvalue weighted by molar-refractivity contribution is 5.68. The van der Waals surface area contributed by atoms with Gasteiger partial charge in [0, 0.05) is 13.0 Å². The molecular weight excluding hydrogens is 182 g/mol. The van der Waals surface area contributed by atoms with Gasteiger partial charge in [0.05, 0.1) is 17.8 Å². The maximum absolute atomic E-state index is 10.7. The Morgan fingerprint density at radius 2 is 2.50 bits per heavy atom. The first-order valence-corrected chi connectivity index (χ1v) is 4.78. The van der Waals surface area contributed by atoms with E-state index in [2.05, 4.69) is 10.3 Å². The van der Waals surface area contributed by atoms with Gasteiger partial charge in [-0.2, -0.15) is 0 Å². The highest BCUT2D eigenvalue weighted by atomic mass is 16.4. The average Bonchev–Trinajstić information content (AvgIpc) is 2.48. The number of aliphatic carboxylic acids is 1. The molecule has 1 unspecified atom stereocenters. The summed E-state index contributed by atoms with van der Waals surface area (Å²) in [5.74, 6) is -0.653. The van der Waals surface area contributed by atoms with Crippen molar-refractivity contribution in [3.63, 3.8) is 0 Å². The Balaban J connectivity index is 2.29. The Morgan fingerprint density at radius 1 is 1.71 bits per heavy atom. The van der Waals surface area contributed by atoms with Crippen molar-refractivity contribution >= 4 is 5.97 Å². The SMILES string of the molecule is Cn1nnc2c1C(CC(=O)O)CCC2. The van der Waals surface area contributed by atoms with Crippen LogP contribution in [0.15, 0.2) is 0 Å². The Hall–Kier alpha value is -1.39. The number of fused-ring (bicyclic) bond motifs is 1. The average molecular weight is 195 g/mol. The number of carboxylic acid groups (broad SMARTS) is 1. The molecule has 0 spiro atoms. The van der Waals surface area contributed by atoms with E-state index in [0.717, 1.165) is 30.7 Å². The third-order valence-electron chi connectivity index (χ3n) is 2.72. The van der Waals surface area contributed by atoms with E-state index in [-0.39, 0.29) is 12.3 Å². The van der Waals surface area contributed by atoms with E-state index in [1.807, 2.05) is 7.05 Å². The number of aryl methyl sites for hydroxylation is 2. The monoisotopic (exact) mass is 195 g/mol. The molecule has 1 atom stereocenters. The van der Waals surface area contributed by atoms with Crippen molar-refractivity contribution < 1.29 is 9.90 Å². The second kappa shape index (κ2) is 3.40. The molecule has 1 aromatic heterocycles. The van der Waals surface area contributed by atoms with E-state index in [1.54, 1.807) is 4.68 Å².